The number of rotatable bonds is 7. The number of hydrogen-bond donors (Lipinski definition) is 0. The lowest BCUT2D eigenvalue weighted by molar-refractivity contribution is 0.0526. The number of benzene rings is 3. The van der Waals surface area contributed by atoms with Gasteiger partial charge in [0.15, 0.2) is 0 Å². The number of carbonyl (C=O) groups excluding carboxylic acids is 2. The van der Waals surface area contributed by atoms with Crippen LogP contribution in [0.1, 0.15) is 35.6 Å². The predicted molar refractivity (Wildman–Crippen MR) is 142 cm³/mol. The van der Waals surface area contributed by atoms with Gasteiger partial charge in [0.05, 0.1) is 36.4 Å². The molecule has 0 aliphatic rings. The van der Waals surface area contributed by atoms with Gasteiger partial charge in [-0.1, -0.05) is 35.9 Å². The van der Waals surface area contributed by atoms with Gasteiger partial charge in [0, 0.05) is 17.8 Å². The number of hydrogen-bond acceptors (Lipinski definition) is 5. The summed E-state index contributed by atoms with van der Waals surface area (Å²) in [5, 5.41) is 0.545. The van der Waals surface area contributed by atoms with Gasteiger partial charge in [0.2, 0.25) is 0 Å². The Balaban J connectivity index is 1.66. The SMILES string of the molecule is CCOC(=O)c1cccc(-c2ccc3nc(C)n(Cc4ccc(N(C)C(=O)OCC)cc4Cl)c3c2)c1. The molecule has 0 saturated carbocycles. The second kappa shape index (κ2) is 10.8. The molecule has 0 N–H and O–H groups in total. The molecule has 1 amide bonds. The number of nitrogens with zero attached hydrogens (tertiary/aromatic N) is 3. The second-order valence-corrected chi connectivity index (χ2v) is 8.69. The molecule has 36 heavy (non-hydrogen) atoms. The first-order chi connectivity index (χ1) is 17.3. The predicted octanol–water partition coefficient (Wildman–Crippen LogP) is 6.48. The zero-order valence-electron chi connectivity index (χ0n) is 20.7. The van der Waals surface area contributed by atoms with Crippen molar-refractivity contribution < 1.29 is 19.1 Å². The van der Waals surface area contributed by atoms with Crippen LogP contribution in [0.4, 0.5) is 10.5 Å². The lowest BCUT2D eigenvalue weighted by atomic mass is 10.0. The minimum absolute atomic E-state index is 0.303. The molecule has 1 aromatic heterocycles. The van der Waals surface area contributed by atoms with Gasteiger partial charge < -0.3 is 14.0 Å². The number of esters is 1. The van der Waals surface area contributed by atoms with E-state index in [1.165, 1.54) is 4.90 Å². The van der Waals surface area contributed by atoms with Crippen molar-refractivity contribution in [3.8, 4) is 11.1 Å². The first-order valence-corrected chi connectivity index (χ1v) is 12.1. The smallest absolute Gasteiger partial charge is 0.413 e. The average molecular weight is 506 g/mol. The fourth-order valence-electron chi connectivity index (χ4n) is 4.03. The molecule has 7 nitrogen and oxygen atoms in total. The van der Waals surface area contributed by atoms with Gasteiger partial charge in [-0.3, -0.25) is 4.90 Å². The van der Waals surface area contributed by atoms with Crippen LogP contribution in [0.25, 0.3) is 22.2 Å². The van der Waals surface area contributed by atoms with Gasteiger partial charge >= 0.3 is 12.1 Å². The highest BCUT2D eigenvalue weighted by Gasteiger charge is 2.16. The number of anilines is 1. The highest BCUT2D eigenvalue weighted by atomic mass is 35.5. The van der Waals surface area contributed by atoms with Crippen molar-refractivity contribution in [2.75, 3.05) is 25.2 Å². The Morgan fingerprint density at radius 3 is 2.44 bits per heavy atom. The van der Waals surface area contributed by atoms with Crippen LogP contribution < -0.4 is 4.90 Å². The van der Waals surface area contributed by atoms with E-state index in [1.54, 1.807) is 33.0 Å². The molecule has 0 bridgehead atoms. The van der Waals surface area contributed by atoms with Crippen molar-refractivity contribution in [2.45, 2.75) is 27.3 Å². The second-order valence-electron chi connectivity index (χ2n) is 8.28. The molecule has 3 aromatic carbocycles. The first kappa shape index (κ1) is 25.3. The number of ether oxygens (including phenoxy) is 2. The first-order valence-electron chi connectivity index (χ1n) is 11.8. The van der Waals surface area contributed by atoms with Crippen molar-refractivity contribution in [3.05, 3.63) is 82.6 Å². The molecular weight excluding hydrogens is 478 g/mol. The highest BCUT2D eigenvalue weighted by molar-refractivity contribution is 6.31. The normalized spacial score (nSPS) is 10.9. The molecule has 0 spiro atoms. The lowest BCUT2D eigenvalue weighted by Crippen LogP contribution is -2.27. The fraction of sp³-hybridized carbons (Fsp3) is 0.250. The zero-order chi connectivity index (χ0) is 25.8. The molecule has 4 aromatic rings. The molecule has 186 valence electrons. The molecule has 1 heterocycles. The van der Waals surface area contributed by atoms with Gasteiger partial charge in [-0.05, 0) is 73.9 Å². The van der Waals surface area contributed by atoms with Gasteiger partial charge in [-0.2, -0.15) is 0 Å². The topological polar surface area (TPSA) is 73.7 Å². The number of carbonyl (C=O) groups is 2. The number of fused-ring (bicyclic) bond motifs is 1. The summed E-state index contributed by atoms with van der Waals surface area (Å²) in [7, 11) is 1.65. The maximum atomic E-state index is 12.2. The summed E-state index contributed by atoms with van der Waals surface area (Å²) in [6, 6.07) is 19.0. The molecule has 0 saturated heterocycles. The number of halogens is 1. The fourth-order valence-corrected chi connectivity index (χ4v) is 4.27. The molecule has 0 atom stereocenters. The van der Waals surface area contributed by atoms with E-state index in [-0.39, 0.29) is 5.97 Å². The van der Waals surface area contributed by atoms with E-state index in [9.17, 15) is 9.59 Å². The van der Waals surface area contributed by atoms with E-state index < -0.39 is 6.09 Å². The Bertz CT molecular complexity index is 1430. The van der Waals surface area contributed by atoms with E-state index in [0.29, 0.717) is 36.0 Å². The summed E-state index contributed by atoms with van der Waals surface area (Å²) in [5.74, 6) is 0.513. The van der Waals surface area contributed by atoms with Crippen LogP contribution in [0.5, 0.6) is 0 Å². The van der Waals surface area contributed by atoms with Crippen LogP contribution in [-0.2, 0) is 16.0 Å². The van der Waals surface area contributed by atoms with Gasteiger partial charge in [0.25, 0.3) is 0 Å². The summed E-state index contributed by atoms with van der Waals surface area (Å²) >= 11 is 6.62. The Kier molecular flexibility index (Phi) is 7.60. The van der Waals surface area contributed by atoms with E-state index >= 15 is 0 Å². The third kappa shape index (κ3) is 5.21. The zero-order valence-corrected chi connectivity index (χ0v) is 21.5. The van der Waals surface area contributed by atoms with Crippen LogP contribution in [0, 0.1) is 6.92 Å². The van der Waals surface area contributed by atoms with E-state index in [4.69, 9.17) is 26.1 Å². The van der Waals surface area contributed by atoms with Gasteiger partial charge in [-0.25, -0.2) is 14.6 Å². The molecular formula is C28H28ClN3O4. The monoisotopic (exact) mass is 505 g/mol. The minimum atomic E-state index is -0.433. The van der Waals surface area contributed by atoms with E-state index in [2.05, 4.69) is 10.6 Å². The van der Waals surface area contributed by atoms with Crippen molar-refractivity contribution in [1.29, 1.82) is 0 Å². The Morgan fingerprint density at radius 1 is 0.972 bits per heavy atom. The van der Waals surface area contributed by atoms with Crippen LogP contribution in [-0.4, -0.2) is 41.9 Å². The molecule has 0 fully saturated rings. The third-order valence-electron chi connectivity index (χ3n) is 5.94. The van der Waals surface area contributed by atoms with Crippen LogP contribution in [0.2, 0.25) is 5.02 Å². The highest BCUT2D eigenvalue weighted by Crippen LogP contribution is 2.29. The van der Waals surface area contributed by atoms with Crippen molar-refractivity contribution in [3.63, 3.8) is 0 Å². The number of amides is 1. The van der Waals surface area contributed by atoms with Crippen molar-refractivity contribution in [2.24, 2.45) is 0 Å². The largest absolute Gasteiger partial charge is 0.462 e. The van der Waals surface area contributed by atoms with Crippen LogP contribution in [0.3, 0.4) is 0 Å². The Labute approximate surface area is 215 Å². The van der Waals surface area contributed by atoms with Gasteiger partial charge in [0.1, 0.15) is 5.82 Å². The van der Waals surface area contributed by atoms with Crippen molar-refractivity contribution in [1.82, 2.24) is 9.55 Å². The standard InChI is InChI=1S/C28H28ClN3O4/c1-5-35-27(33)21-9-7-8-19(14-21)20-11-13-25-26(15-20)32(18(3)30-25)17-22-10-12-23(16-24(22)29)31(4)28(34)36-6-2/h7-16H,5-6,17H2,1-4H3. The Morgan fingerprint density at radius 2 is 1.72 bits per heavy atom. The van der Waals surface area contributed by atoms with Gasteiger partial charge in [-0.15, -0.1) is 0 Å². The molecule has 0 aliphatic carbocycles. The molecule has 4 rings (SSSR count). The molecule has 8 heteroatoms. The van der Waals surface area contributed by atoms with E-state index in [1.807, 2.05) is 49.4 Å². The number of imidazole rings is 1. The number of aryl methyl sites for hydroxylation is 1. The quantitative estimate of drug-likeness (QED) is 0.269. The van der Waals surface area contributed by atoms with E-state index in [0.717, 1.165) is 33.5 Å². The van der Waals surface area contributed by atoms with Crippen molar-refractivity contribution >= 4 is 40.4 Å². The molecule has 0 radical (unpaired) electrons. The summed E-state index contributed by atoms with van der Waals surface area (Å²) in [6.07, 6.45) is -0.433. The average Bonchev–Trinajstić information content (AvgIpc) is 3.19. The summed E-state index contributed by atoms with van der Waals surface area (Å²) in [6.45, 7) is 6.65. The maximum absolute atomic E-state index is 12.2. The Hall–Kier alpha value is -3.84. The third-order valence-corrected chi connectivity index (χ3v) is 6.29. The van der Waals surface area contributed by atoms with Crippen LogP contribution in [0.15, 0.2) is 60.7 Å². The minimum Gasteiger partial charge on any atom is -0.462 e. The summed E-state index contributed by atoms with van der Waals surface area (Å²) in [4.78, 5) is 30.4. The van der Waals surface area contributed by atoms with Crippen LogP contribution >= 0.6 is 11.6 Å². The summed E-state index contributed by atoms with van der Waals surface area (Å²) in [5.41, 5.74) is 5.76. The molecule has 0 unspecified atom stereocenters. The maximum Gasteiger partial charge on any atom is 0.413 e. The summed E-state index contributed by atoms with van der Waals surface area (Å²) < 4.78 is 12.3. The molecule has 0 aliphatic heterocycles. The number of aromatic nitrogens is 2. The lowest BCUT2D eigenvalue weighted by Gasteiger charge is -2.18.